The second-order valence-corrected chi connectivity index (χ2v) is 8.87. The minimum atomic E-state index is -4.66. The lowest BCUT2D eigenvalue weighted by Gasteiger charge is -2.16. The highest BCUT2D eigenvalue weighted by atomic mass is 32.2. The van der Waals surface area contributed by atoms with Gasteiger partial charge in [-0.1, -0.05) is 0 Å². The Kier molecular flexibility index (Phi) is 8.04. The summed E-state index contributed by atoms with van der Waals surface area (Å²) in [5.41, 5.74) is -1.94. The van der Waals surface area contributed by atoms with Crippen molar-refractivity contribution in [1.29, 1.82) is 0 Å². The monoisotopic (exact) mass is 477 g/mol. The number of carbonyl (C=O) groups is 1. The van der Waals surface area contributed by atoms with Gasteiger partial charge in [-0.3, -0.25) is 9.59 Å². The number of carbonyl (C=O) groups excluding carboxylic acids is 1. The van der Waals surface area contributed by atoms with Crippen molar-refractivity contribution >= 4 is 21.6 Å². The van der Waals surface area contributed by atoms with Crippen LogP contribution in [0.2, 0.25) is 0 Å². The van der Waals surface area contributed by atoms with Gasteiger partial charge in [0.2, 0.25) is 15.9 Å². The zero-order valence-electron chi connectivity index (χ0n) is 17.5. The zero-order chi connectivity index (χ0) is 24.1. The molecule has 1 heterocycles. The molecule has 0 bridgehead atoms. The summed E-state index contributed by atoms with van der Waals surface area (Å²) in [6.07, 6.45) is -3.67. The van der Waals surface area contributed by atoms with Crippen molar-refractivity contribution in [2.24, 2.45) is 0 Å². The second-order valence-electron chi connectivity index (χ2n) is 6.72. The number of ether oxygens (including phenoxy) is 2. The van der Waals surface area contributed by atoms with E-state index in [1.54, 1.807) is 0 Å². The van der Waals surface area contributed by atoms with Crippen molar-refractivity contribution in [3.63, 3.8) is 0 Å². The van der Waals surface area contributed by atoms with E-state index in [1.807, 2.05) is 0 Å². The van der Waals surface area contributed by atoms with Crippen molar-refractivity contribution < 1.29 is 35.9 Å². The lowest BCUT2D eigenvalue weighted by molar-refractivity contribution is -0.137. The Morgan fingerprint density at radius 3 is 2.44 bits per heavy atom. The summed E-state index contributed by atoms with van der Waals surface area (Å²) in [4.78, 5) is 24.3. The Hall–Kier alpha value is -2.90. The molecule has 0 aliphatic rings. The van der Waals surface area contributed by atoms with Crippen LogP contribution in [0.1, 0.15) is 5.56 Å². The molecule has 0 radical (unpaired) electrons. The van der Waals surface area contributed by atoms with E-state index in [2.05, 4.69) is 5.32 Å². The largest absolute Gasteiger partial charge is 0.489 e. The molecule has 0 saturated heterocycles. The summed E-state index contributed by atoms with van der Waals surface area (Å²) in [5.74, 6) is -0.887. The van der Waals surface area contributed by atoms with Crippen LogP contribution in [-0.2, 0) is 32.3 Å². The van der Waals surface area contributed by atoms with E-state index in [4.69, 9.17) is 9.47 Å². The third kappa shape index (κ3) is 6.31. The molecule has 0 atom stereocenters. The molecule has 0 spiro atoms. The number of benzene rings is 1. The number of alkyl halides is 3. The molecule has 1 amide bonds. The number of methoxy groups -OCH3 is 1. The van der Waals surface area contributed by atoms with Gasteiger partial charge in [0.25, 0.3) is 5.56 Å². The number of nitrogens with one attached hydrogen (secondary N) is 1. The van der Waals surface area contributed by atoms with Gasteiger partial charge in [-0.25, -0.2) is 12.7 Å². The van der Waals surface area contributed by atoms with Crippen LogP contribution < -0.4 is 15.6 Å². The number of rotatable bonds is 9. The molecule has 1 aromatic carbocycles. The van der Waals surface area contributed by atoms with Crippen molar-refractivity contribution in [2.75, 3.05) is 39.7 Å². The van der Waals surface area contributed by atoms with Crippen molar-refractivity contribution in [1.82, 2.24) is 8.87 Å². The number of halogens is 3. The van der Waals surface area contributed by atoms with Crippen molar-refractivity contribution in [3.05, 3.63) is 52.4 Å². The van der Waals surface area contributed by atoms with Crippen molar-refractivity contribution in [2.45, 2.75) is 17.6 Å². The van der Waals surface area contributed by atoms with E-state index in [-0.39, 0.29) is 29.5 Å². The summed E-state index contributed by atoms with van der Waals surface area (Å²) in [5, 5.41) is 2.28. The fourth-order valence-corrected chi connectivity index (χ4v) is 3.43. The number of hydrogen-bond donors (Lipinski definition) is 1. The van der Waals surface area contributed by atoms with E-state index in [0.717, 1.165) is 39.3 Å². The number of nitrogens with zero attached hydrogens (tertiary/aromatic N) is 2. The molecule has 2 aromatic rings. The second kappa shape index (κ2) is 10.1. The van der Waals surface area contributed by atoms with Gasteiger partial charge in [-0.2, -0.15) is 13.2 Å². The van der Waals surface area contributed by atoms with Gasteiger partial charge in [0, 0.05) is 33.5 Å². The summed E-state index contributed by atoms with van der Waals surface area (Å²) in [6, 6.07) is 4.64. The van der Waals surface area contributed by atoms with Gasteiger partial charge in [-0.05, 0) is 24.3 Å². The summed E-state index contributed by atoms with van der Waals surface area (Å²) >= 11 is 0. The average molecular weight is 477 g/mol. The Labute approximate surface area is 182 Å². The number of aromatic nitrogens is 1. The number of pyridine rings is 1. The predicted molar refractivity (Wildman–Crippen MR) is 109 cm³/mol. The topological polar surface area (TPSA) is 107 Å². The first-order chi connectivity index (χ1) is 14.9. The smallest absolute Gasteiger partial charge is 0.416 e. The summed E-state index contributed by atoms with van der Waals surface area (Å²) in [7, 11) is 0.154. The average Bonchev–Trinajstić information content (AvgIpc) is 2.69. The van der Waals surface area contributed by atoms with Crippen LogP contribution >= 0.6 is 0 Å². The fraction of sp³-hybridized carbons (Fsp3) is 0.368. The van der Waals surface area contributed by atoms with Crippen LogP contribution in [0, 0.1) is 0 Å². The maximum atomic E-state index is 13.1. The lowest BCUT2D eigenvalue weighted by Crippen LogP contribution is -2.29. The van der Waals surface area contributed by atoms with Crippen LogP contribution in [0.15, 0.2) is 46.2 Å². The Bertz CT molecular complexity index is 1130. The highest BCUT2D eigenvalue weighted by molar-refractivity contribution is 7.89. The number of sulfonamides is 1. The molecule has 176 valence electrons. The minimum Gasteiger partial charge on any atom is -0.489 e. The highest BCUT2D eigenvalue weighted by Crippen LogP contribution is 2.35. The first-order valence-electron chi connectivity index (χ1n) is 9.12. The molecule has 1 aromatic heterocycles. The standard InChI is InChI=1S/C19H22F3N3O6S/c1-24(2)32(28,29)14-5-7-18(27)25(11-14)12-17(26)23-15-10-13(19(20,21)22)4-6-16(15)31-9-8-30-3/h4-7,10-11H,8-9,12H2,1-3H3,(H,23,26). The van der Waals surface area contributed by atoms with E-state index in [9.17, 15) is 31.2 Å². The van der Waals surface area contributed by atoms with E-state index >= 15 is 0 Å². The lowest BCUT2D eigenvalue weighted by atomic mass is 10.1. The van der Waals surface area contributed by atoms with Crippen LogP contribution in [-0.4, -0.2) is 57.6 Å². The fourth-order valence-electron chi connectivity index (χ4n) is 2.51. The molecule has 32 heavy (non-hydrogen) atoms. The zero-order valence-corrected chi connectivity index (χ0v) is 18.3. The number of anilines is 1. The van der Waals surface area contributed by atoms with Gasteiger partial charge in [0.1, 0.15) is 18.9 Å². The quantitative estimate of drug-likeness (QED) is 0.552. The third-order valence-corrected chi connectivity index (χ3v) is 5.97. The molecule has 0 saturated carbocycles. The van der Waals surface area contributed by atoms with Crippen LogP contribution in [0.4, 0.5) is 18.9 Å². The Morgan fingerprint density at radius 2 is 1.84 bits per heavy atom. The highest BCUT2D eigenvalue weighted by Gasteiger charge is 2.31. The van der Waals surface area contributed by atoms with Gasteiger partial charge in [-0.15, -0.1) is 0 Å². The molecule has 0 aliphatic carbocycles. The van der Waals surface area contributed by atoms with Crippen LogP contribution in [0.5, 0.6) is 5.75 Å². The molecule has 9 nitrogen and oxygen atoms in total. The van der Waals surface area contributed by atoms with E-state index < -0.39 is 39.8 Å². The molecule has 13 heteroatoms. The molecular formula is C19H22F3N3O6S. The number of amides is 1. The molecule has 1 N–H and O–H groups in total. The number of hydrogen-bond acceptors (Lipinski definition) is 6. The Morgan fingerprint density at radius 1 is 1.16 bits per heavy atom. The SMILES string of the molecule is COCCOc1ccc(C(F)(F)F)cc1NC(=O)Cn1cc(S(=O)(=O)N(C)C)ccc1=O. The maximum absolute atomic E-state index is 13.1. The minimum absolute atomic E-state index is 0.0225. The molecular weight excluding hydrogens is 455 g/mol. The van der Waals surface area contributed by atoms with Gasteiger partial charge < -0.3 is 19.4 Å². The van der Waals surface area contributed by atoms with E-state index in [0.29, 0.717) is 6.07 Å². The maximum Gasteiger partial charge on any atom is 0.416 e. The Balaban J connectivity index is 2.31. The van der Waals surface area contributed by atoms with Gasteiger partial charge in [0.15, 0.2) is 0 Å². The predicted octanol–water partition coefficient (Wildman–Crippen LogP) is 1.78. The first kappa shape index (κ1) is 25.4. The van der Waals surface area contributed by atoms with Crippen molar-refractivity contribution in [3.8, 4) is 5.75 Å². The summed E-state index contributed by atoms with van der Waals surface area (Å²) in [6.45, 7) is -0.449. The first-order valence-corrected chi connectivity index (χ1v) is 10.6. The van der Waals surface area contributed by atoms with E-state index in [1.165, 1.54) is 21.2 Å². The van der Waals surface area contributed by atoms with Crippen LogP contribution in [0.3, 0.4) is 0 Å². The van der Waals surface area contributed by atoms with Gasteiger partial charge in [0.05, 0.1) is 22.8 Å². The normalized spacial score (nSPS) is 12.1. The molecule has 0 fully saturated rings. The van der Waals surface area contributed by atoms with Gasteiger partial charge >= 0.3 is 6.18 Å². The van der Waals surface area contributed by atoms with Crippen LogP contribution in [0.25, 0.3) is 0 Å². The molecule has 0 unspecified atom stereocenters. The molecule has 0 aliphatic heterocycles. The summed E-state index contributed by atoms with van der Waals surface area (Å²) < 4.78 is 75.7. The molecule has 2 rings (SSSR count). The third-order valence-electron chi connectivity index (χ3n) is 4.17.